The van der Waals surface area contributed by atoms with Crippen LogP contribution in [-0.2, 0) is 0 Å². The van der Waals surface area contributed by atoms with E-state index in [-0.39, 0.29) is 0 Å². The smallest absolute Gasteiger partial charge is 0.0322 e. The molecule has 0 aliphatic carbocycles. The lowest BCUT2D eigenvalue weighted by atomic mass is 10.2. The van der Waals surface area contributed by atoms with Crippen molar-refractivity contribution in [2.75, 3.05) is 6.54 Å². The van der Waals surface area contributed by atoms with Crippen LogP contribution >= 0.6 is 0 Å². The topological polar surface area (TPSA) is 12.0 Å². The third-order valence-electron chi connectivity index (χ3n) is 1.22. The third kappa shape index (κ3) is 7.28. The zero-order valence-corrected chi connectivity index (χ0v) is 6.77. The van der Waals surface area contributed by atoms with Crippen molar-refractivity contribution in [1.29, 1.82) is 0 Å². The standard InChI is InChI=1S/C9H17N/c1-3-5-6-7-9-10-8-4-2/h4,7,9-10H,2-3,5-6,8H2,1H3/b9-7+. The van der Waals surface area contributed by atoms with Gasteiger partial charge in [0.15, 0.2) is 0 Å². The third-order valence-corrected chi connectivity index (χ3v) is 1.22. The molecule has 0 aromatic carbocycles. The van der Waals surface area contributed by atoms with Crippen LogP contribution in [-0.4, -0.2) is 6.54 Å². The fourth-order valence-electron chi connectivity index (χ4n) is 0.640. The first-order valence-electron chi connectivity index (χ1n) is 3.91. The maximum absolute atomic E-state index is 3.60. The van der Waals surface area contributed by atoms with Gasteiger partial charge in [-0.05, 0) is 12.6 Å². The van der Waals surface area contributed by atoms with Gasteiger partial charge in [0.2, 0.25) is 0 Å². The van der Waals surface area contributed by atoms with Crippen LogP contribution in [0.25, 0.3) is 0 Å². The maximum atomic E-state index is 3.60. The summed E-state index contributed by atoms with van der Waals surface area (Å²) < 4.78 is 0. The van der Waals surface area contributed by atoms with E-state index in [0.29, 0.717) is 0 Å². The van der Waals surface area contributed by atoms with E-state index in [9.17, 15) is 0 Å². The molecule has 1 heteroatoms. The molecule has 0 amide bonds. The van der Waals surface area contributed by atoms with Crippen LogP contribution < -0.4 is 5.32 Å². The summed E-state index contributed by atoms with van der Waals surface area (Å²) >= 11 is 0. The van der Waals surface area contributed by atoms with E-state index in [2.05, 4.69) is 24.9 Å². The Balaban J connectivity index is 2.96. The average Bonchev–Trinajstić information content (AvgIpc) is 1.97. The summed E-state index contributed by atoms with van der Waals surface area (Å²) in [5.41, 5.74) is 0. The van der Waals surface area contributed by atoms with Crippen molar-refractivity contribution in [2.45, 2.75) is 26.2 Å². The predicted molar refractivity (Wildman–Crippen MR) is 46.9 cm³/mol. The summed E-state index contributed by atoms with van der Waals surface area (Å²) in [5.74, 6) is 0. The molecule has 10 heavy (non-hydrogen) atoms. The molecule has 0 aliphatic heterocycles. The molecule has 0 saturated heterocycles. The molecule has 0 unspecified atom stereocenters. The molecule has 0 heterocycles. The first-order valence-corrected chi connectivity index (χ1v) is 3.91. The molecule has 0 bridgehead atoms. The highest BCUT2D eigenvalue weighted by atomic mass is 14.8. The molecular formula is C9H17N. The number of rotatable bonds is 6. The minimum absolute atomic E-state index is 0.864. The summed E-state index contributed by atoms with van der Waals surface area (Å²) in [5, 5.41) is 3.10. The zero-order chi connectivity index (χ0) is 7.66. The largest absolute Gasteiger partial charge is 0.388 e. The Morgan fingerprint density at radius 1 is 1.50 bits per heavy atom. The van der Waals surface area contributed by atoms with E-state index in [1.165, 1.54) is 19.3 Å². The minimum Gasteiger partial charge on any atom is -0.388 e. The van der Waals surface area contributed by atoms with Gasteiger partial charge in [-0.15, -0.1) is 6.58 Å². The van der Waals surface area contributed by atoms with Crippen LogP contribution in [0.5, 0.6) is 0 Å². The van der Waals surface area contributed by atoms with Gasteiger partial charge in [-0.1, -0.05) is 31.9 Å². The Morgan fingerprint density at radius 3 is 2.90 bits per heavy atom. The molecule has 1 N–H and O–H groups in total. The van der Waals surface area contributed by atoms with Crippen LogP contribution in [0.1, 0.15) is 26.2 Å². The molecule has 0 aromatic heterocycles. The highest BCUT2D eigenvalue weighted by Crippen LogP contribution is 1.93. The highest BCUT2D eigenvalue weighted by molar-refractivity contribution is 4.82. The van der Waals surface area contributed by atoms with Crippen LogP contribution in [0.2, 0.25) is 0 Å². The molecule has 0 aromatic rings. The first-order chi connectivity index (χ1) is 4.91. The minimum atomic E-state index is 0.864. The number of hydrogen-bond acceptors (Lipinski definition) is 1. The van der Waals surface area contributed by atoms with Crippen molar-refractivity contribution in [2.24, 2.45) is 0 Å². The van der Waals surface area contributed by atoms with Gasteiger partial charge in [0, 0.05) is 6.54 Å². The molecule has 0 saturated carbocycles. The summed E-state index contributed by atoms with van der Waals surface area (Å²) in [4.78, 5) is 0. The van der Waals surface area contributed by atoms with E-state index in [1.807, 2.05) is 12.3 Å². The Kier molecular flexibility index (Phi) is 7.68. The highest BCUT2D eigenvalue weighted by Gasteiger charge is 1.75. The quantitative estimate of drug-likeness (QED) is 0.440. The van der Waals surface area contributed by atoms with Gasteiger partial charge in [0.25, 0.3) is 0 Å². The maximum Gasteiger partial charge on any atom is 0.0322 e. The Hall–Kier alpha value is -0.720. The van der Waals surface area contributed by atoms with E-state index in [4.69, 9.17) is 0 Å². The van der Waals surface area contributed by atoms with E-state index in [0.717, 1.165) is 6.54 Å². The van der Waals surface area contributed by atoms with E-state index < -0.39 is 0 Å². The normalized spacial score (nSPS) is 10.1. The molecular weight excluding hydrogens is 122 g/mol. The lowest BCUT2D eigenvalue weighted by Gasteiger charge is -1.92. The van der Waals surface area contributed by atoms with Crippen molar-refractivity contribution >= 4 is 0 Å². The molecule has 58 valence electrons. The predicted octanol–water partition coefficient (Wildman–Crippen LogP) is 2.47. The number of nitrogens with one attached hydrogen (secondary N) is 1. The van der Waals surface area contributed by atoms with E-state index >= 15 is 0 Å². The van der Waals surface area contributed by atoms with Gasteiger partial charge in [0.1, 0.15) is 0 Å². The second-order valence-corrected chi connectivity index (χ2v) is 2.24. The summed E-state index contributed by atoms with van der Waals surface area (Å²) in [6.45, 7) is 6.66. The van der Waals surface area contributed by atoms with Crippen molar-refractivity contribution in [1.82, 2.24) is 5.32 Å². The lowest BCUT2D eigenvalue weighted by Crippen LogP contribution is -2.02. The average molecular weight is 139 g/mol. The first kappa shape index (κ1) is 9.28. The number of allylic oxidation sites excluding steroid dienone is 1. The summed E-state index contributed by atoms with van der Waals surface area (Å²) in [6.07, 6.45) is 9.74. The van der Waals surface area contributed by atoms with Gasteiger partial charge in [-0.2, -0.15) is 0 Å². The fourth-order valence-corrected chi connectivity index (χ4v) is 0.640. The van der Waals surface area contributed by atoms with Crippen molar-refractivity contribution in [3.05, 3.63) is 24.9 Å². The molecule has 0 radical (unpaired) electrons. The van der Waals surface area contributed by atoms with Gasteiger partial charge in [-0.3, -0.25) is 0 Å². The summed E-state index contributed by atoms with van der Waals surface area (Å²) in [7, 11) is 0. The van der Waals surface area contributed by atoms with Gasteiger partial charge >= 0.3 is 0 Å². The fraction of sp³-hybridized carbons (Fsp3) is 0.556. The molecule has 0 atom stereocenters. The van der Waals surface area contributed by atoms with Gasteiger partial charge in [-0.25, -0.2) is 0 Å². The monoisotopic (exact) mass is 139 g/mol. The van der Waals surface area contributed by atoms with E-state index in [1.54, 1.807) is 0 Å². The number of unbranched alkanes of at least 4 members (excludes halogenated alkanes) is 2. The van der Waals surface area contributed by atoms with Gasteiger partial charge in [0.05, 0.1) is 0 Å². The van der Waals surface area contributed by atoms with Crippen LogP contribution in [0.3, 0.4) is 0 Å². The Morgan fingerprint density at radius 2 is 2.30 bits per heavy atom. The molecule has 0 fully saturated rings. The van der Waals surface area contributed by atoms with Crippen molar-refractivity contribution in [3.63, 3.8) is 0 Å². The molecule has 0 rings (SSSR count). The van der Waals surface area contributed by atoms with Gasteiger partial charge < -0.3 is 5.32 Å². The second-order valence-electron chi connectivity index (χ2n) is 2.24. The SMILES string of the molecule is C=CCN/C=C/CCCC. The zero-order valence-electron chi connectivity index (χ0n) is 6.77. The number of hydrogen-bond donors (Lipinski definition) is 1. The lowest BCUT2D eigenvalue weighted by molar-refractivity contribution is 0.809. The Labute approximate surface area is 63.8 Å². The molecule has 1 nitrogen and oxygen atoms in total. The van der Waals surface area contributed by atoms with Crippen LogP contribution in [0.15, 0.2) is 24.9 Å². The van der Waals surface area contributed by atoms with Crippen molar-refractivity contribution < 1.29 is 0 Å². The summed E-state index contributed by atoms with van der Waals surface area (Å²) in [6, 6.07) is 0. The molecule has 0 spiro atoms. The Bertz CT molecular complexity index is 94.9. The van der Waals surface area contributed by atoms with Crippen molar-refractivity contribution in [3.8, 4) is 0 Å². The second kappa shape index (κ2) is 8.28. The van der Waals surface area contributed by atoms with Crippen LogP contribution in [0.4, 0.5) is 0 Å². The molecule has 0 aliphatic rings. The van der Waals surface area contributed by atoms with Crippen LogP contribution in [0, 0.1) is 0 Å².